The molecule has 3 nitrogen and oxygen atoms in total. The molecule has 1 atom stereocenters. The van der Waals surface area contributed by atoms with Gasteiger partial charge in [-0.2, -0.15) is 0 Å². The number of halogens is 1. The molecule has 0 unspecified atom stereocenters. The van der Waals surface area contributed by atoms with Crippen LogP contribution in [0, 0.1) is 5.82 Å². The zero-order chi connectivity index (χ0) is 17.1. The standard InChI is InChI=1S/C21H24FNO2/c22-19-11-17(21-18(12-19)14-24-15-25-21)13-23-10-4-7-20(23)9-8-16-5-2-1-3-6-16/h1-3,5-6,11-12,20H,4,7-10,13-15H2/t20-/m0/s1. The average molecular weight is 341 g/mol. The summed E-state index contributed by atoms with van der Waals surface area (Å²) < 4.78 is 24.9. The van der Waals surface area contributed by atoms with Crippen molar-refractivity contribution in [2.75, 3.05) is 13.3 Å². The van der Waals surface area contributed by atoms with Crippen LogP contribution in [-0.4, -0.2) is 24.3 Å². The first-order chi connectivity index (χ1) is 12.3. The summed E-state index contributed by atoms with van der Waals surface area (Å²) in [4.78, 5) is 2.48. The van der Waals surface area contributed by atoms with Crippen molar-refractivity contribution in [2.24, 2.45) is 0 Å². The molecular formula is C21H24FNO2. The Labute approximate surface area is 148 Å². The number of rotatable bonds is 5. The Morgan fingerprint density at radius 3 is 2.92 bits per heavy atom. The summed E-state index contributed by atoms with van der Waals surface area (Å²) in [6, 6.07) is 14.3. The molecule has 0 bridgehead atoms. The normalized spacial score (nSPS) is 20.3. The van der Waals surface area contributed by atoms with Gasteiger partial charge in [0.15, 0.2) is 6.79 Å². The topological polar surface area (TPSA) is 21.7 Å². The quantitative estimate of drug-likeness (QED) is 0.810. The molecule has 1 saturated heterocycles. The van der Waals surface area contributed by atoms with E-state index in [1.165, 1.54) is 24.5 Å². The van der Waals surface area contributed by atoms with Crippen LogP contribution >= 0.6 is 0 Å². The summed E-state index contributed by atoms with van der Waals surface area (Å²) in [5.74, 6) is 0.615. The zero-order valence-corrected chi connectivity index (χ0v) is 14.4. The molecule has 0 aromatic heterocycles. The first kappa shape index (κ1) is 16.6. The van der Waals surface area contributed by atoms with Crippen molar-refractivity contribution >= 4 is 0 Å². The molecule has 0 radical (unpaired) electrons. The van der Waals surface area contributed by atoms with Gasteiger partial charge in [0, 0.05) is 23.7 Å². The van der Waals surface area contributed by atoms with Crippen LogP contribution in [0.3, 0.4) is 0 Å². The zero-order valence-electron chi connectivity index (χ0n) is 14.4. The van der Waals surface area contributed by atoms with Gasteiger partial charge < -0.3 is 9.47 Å². The number of aryl methyl sites for hydroxylation is 1. The second-order valence-electron chi connectivity index (χ2n) is 6.95. The van der Waals surface area contributed by atoms with E-state index in [4.69, 9.17) is 9.47 Å². The van der Waals surface area contributed by atoms with Gasteiger partial charge in [0.2, 0.25) is 0 Å². The highest BCUT2D eigenvalue weighted by Crippen LogP contribution is 2.32. The van der Waals surface area contributed by atoms with E-state index in [2.05, 4.69) is 35.2 Å². The smallest absolute Gasteiger partial charge is 0.189 e. The molecular weight excluding hydrogens is 317 g/mol. The van der Waals surface area contributed by atoms with Gasteiger partial charge in [0.25, 0.3) is 0 Å². The van der Waals surface area contributed by atoms with Gasteiger partial charge in [-0.15, -0.1) is 0 Å². The SMILES string of the molecule is Fc1cc2c(c(CN3CCC[C@H]3CCc3ccccc3)c1)OCOC2. The van der Waals surface area contributed by atoms with E-state index in [0.29, 0.717) is 12.6 Å². The third-order valence-corrected chi connectivity index (χ3v) is 5.23. The molecule has 4 rings (SSSR count). The minimum atomic E-state index is -0.206. The Bertz CT molecular complexity index is 719. The van der Waals surface area contributed by atoms with Gasteiger partial charge in [-0.25, -0.2) is 4.39 Å². The van der Waals surface area contributed by atoms with Gasteiger partial charge >= 0.3 is 0 Å². The van der Waals surface area contributed by atoms with Gasteiger partial charge in [0.05, 0.1) is 6.61 Å². The van der Waals surface area contributed by atoms with Crippen molar-refractivity contribution in [2.45, 2.75) is 44.9 Å². The number of hydrogen-bond donors (Lipinski definition) is 0. The molecule has 132 valence electrons. The number of ether oxygens (including phenoxy) is 2. The minimum Gasteiger partial charge on any atom is -0.467 e. The number of nitrogens with zero attached hydrogens (tertiary/aromatic N) is 1. The summed E-state index contributed by atoms with van der Waals surface area (Å²) in [5.41, 5.74) is 3.16. The van der Waals surface area contributed by atoms with E-state index in [9.17, 15) is 4.39 Å². The molecule has 2 aliphatic rings. The van der Waals surface area contributed by atoms with Crippen molar-refractivity contribution in [3.63, 3.8) is 0 Å². The highest BCUT2D eigenvalue weighted by molar-refractivity contribution is 5.42. The average Bonchev–Trinajstić information content (AvgIpc) is 3.08. The van der Waals surface area contributed by atoms with Crippen molar-refractivity contribution in [3.05, 3.63) is 65.0 Å². The van der Waals surface area contributed by atoms with Crippen LogP contribution in [0.2, 0.25) is 0 Å². The molecule has 2 aliphatic heterocycles. The van der Waals surface area contributed by atoms with E-state index < -0.39 is 0 Å². The predicted molar refractivity (Wildman–Crippen MR) is 94.9 cm³/mol. The van der Waals surface area contributed by atoms with E-state index >= 15 is 0 Å². The van der Waals surface area contributed by atoms with Crippen LogP contribution in [0.1, 0.15) is 36.0 Å². The molecule has 0 saturated carbocycles. The Morgan fingerprint density at radius 1 is 1.16 bits per heavy atom. The van der Waals surface area contributed by atoms with E-state index in [0.717, 1.165) is 42.8 Å². The monoisotopic (exact) mass is 341 g/mol. The maximum atomic E-state index is 14.0. The molecule has 2 aromatic rings. The molecule has 2 aromatic carbocycles. The molecule has 0 amide bonds. The number of likely N-dealkylation sites (tertiary alicyclic amines) is 1. The highest BCUT2D eigenvalue weighted by atomic mass is 19.1. The third-order valence-electron chi connectivity index (χ3n) is 5.23. The van der Waals surface area contributed by atoms with Crippen molar-refractivity contribution < 1.29 is 13.9 Å². The summed E-state index contributed by atoms with van der Waals surface area (Å²) in [5, 5.41) is 0. The van der Waals surface area contributed by atoms with Crippen molar-refractivity contribution in [1.82, 2.24) is 4.90 Å². The Morgan fingerprint density at radius 2 is 2.04 bits per heavy atom. The Balaban J connectivity index is 1.45. The highest BCUT2D eigenvalue weighted by Gasteiger charge is 2.26. The fourth-order valence-corrected chi connectivity index (χ4v) is 4.00. The maximum absolute atomic E-state index is 14.0. The Hall–Kier alpha value is -1.91. The Kier molecular flexibility index (Phi) is 4.99. The fraction of sp³-hybridized carbons (Fsp3) is 0.429. The molecule has 0 aliphatic carbocycles. The van der Waals surface area contributed by atoms with E-state index in [1.54, 1.807) is 6.07 Å². The van der Waals surface area contributed by atoms with E-state index in [-0.39, 0.29) is 12.6 Å². The lowest BCUT2D eigenvalue weighted by Crippen LogP contribution is -2.30. The van der Waals surface area contributed by atoms with Crippen LogP contribution in [0.5, 0.6) is 5.75 Å². The molecule has 1 fully saturated rings. The predicted octanol–water partition coefficient (Wildman–Crippen LogP) is 4.29. The van der Waals surface area contributed by atoms with Crippen molar-refractivity contribution in [3.8, 4) is 5.75 Å². The minimum absolute atomic E-state index is 0.206. The number of benzene rings is 2. The molecule has 0 N–H and O–H groups in total. The van der Waals surface area contributed by atoms with Gasteiger partial charge in [-0.05, 0) is 49.9 Å². The number of hydrogen-bond acceptors (Lipinski definition) is 3. The second kappa shape index (κ2) is 7.54. The summed E-state index contributed by atoms with van der Waals surface area (Å²) >= 11 is 0. The number of fused-ring (bicyclic) bond motifs is 1. The second-order valence-corrected chi connectivity index (χ2v) is 6.95. The lowest BCUT2D eigenvalue weighted by molar-refractivity contribution is -0.0177. The largest absolute Gasteiger partial charge is 0.467 e. The van der Waals surface area contributed by atoms with Crippen LogP contribution in [0.4, 0.5) is 4.39 Å². The van der Waals surface area contributed by atoms with Crippen LogP contribution in [0.15, 0.2) is 42.5 Å². The van der Waals surface area contributed by atoms with Crippen molar-refractivity contribution in [1.29, 1.82) is 0 Å². The summed E-state index contributed by atoms with van der Waals surface area (Å²) in [7, 11) is 0. The summed E-state index contributed by atoms with van der Waals surface area (Å²) in [6.07, 6.45) is 4.66. The van der Waals surface area contributed by atoms with Gasteiger partial charge in [-0.1, -0.05) is 30.3 Å². The first-order valence-electron chi connectivity index (χ1n) is 9.09. The lowest BCUT2D eigenvalue weighted by Gasteiger charge is -2.27. The maximum Gasteiger partial charge on any atom is 0.189 e. The van der Waals surface area contributed by atoms with Gasteiger partial charge in [-0.3, -0.25) is 4.90 Å². The fourth-order valence-electron chi connectivity index (χ4n) is 4.00. The lowest BCUT2D eigenvalue weighted by atomic mass is 10.0. The molecule has 4 heteroatoms. The van der Waals surface area contributed by atoms with Crippen LogP contribution < -0.4 is 4.74 Å². The third kappa shape index (κ3) is 3.86. The van der Waals surface area contributed by atoms with Crippen LogP contribution in [-0.2, 0) is 24.3 Å². The first-order valence-corrected chi connectivity index (χ1v) is 9.09. The molecule has 0 spiro atoms. The molecule has 25 heavy (non-hydrogen) atoms. The summed E-state index contributed by atoms with van der Waals surface area (Å²) in [6.45, 7) is 2.50. The van der Waals surface area contributed by atoms with E-state index in [1.807, 2.05) is 0 Å². The van der Waals surface area contributed by atoms with Gasteiger partial charge in [0.1, 0.15) is 11.6 Å². The van der Waals surface area contributed by atoms with Crippen LogP contribution in [0.25, 0.3) is 0 Å². The molecule has 2 heterocycles.